The summed E-state index contributed by atoms with van der Waals surface area (Å²) in [5.74, 6) is 1.61. The molecular formula is C19H38BrN4Si-. The van der Waals surface area contributed by atoms with E-state index < -0.39 is 8.24 Å². The molecule has 146 valence electrons. The smallest absolute Gasteiger partial charge is 0.154 e. The molecule has 1 aliphatic heterocycles. The van der Waals surface area contributed by atoms with Crippen molar-refractivity contribution in [1.82, 2.24) is 19.0 Å². The van der Waals surface area contributed by atoms with Crippen LogP contribution >= 0.6 is 0 Å². The fourth-order valence-electron chi connectivity index (χ4n) is 2.47. The highest BCUT2D eigenvalue weighted by Gasteiger charge is 2.15. The lowest BCUT2D eigenvalue weighted by Gasteiger charge is -2.25. The molecule has 1 aromatic rings. The molecule has 0 N–H and O–H groups in total. The average Bonchev–Trinajstić information content (AvgIpc) is 3.19. The van der Waals surface area contributed by atoms with Crippen LogP contribution in [-0.2, 0) is 0 Å². The molecule has 25 heavy (non-hydrogen) atoms. The van der Waals surface area contributed by atoms with Gasteiger partial charge in [-0.1, -0.05) is 60.2 Å². The molecule has 1 aliphatic rings. The van der Waals surface area contributed by atoms with Crippen LogP contribution in [0.2, 0.25) is 19.6 Å². The van der Waals surface area contributed by atoms with Gasteiger partial charge in [0.2, 0.25) is 0 Å². The van der Waals surface area contributed by atoms with Crippen molar-refractivity contribution in [1.29, 1.82) is 0 Å². The van der Waals surface area contributed by atoms with Gasteiger partial charge in [0, 0.05) is 37.9 Å². The lowest BCUT2D eigenvalue weighted by atomic mass is 10.1. The van der Waals surface area contributed by atoms with E-state index in [2.05, 4.69) is 78.8 Å². The van der Waals surface area contributed by atoms with E-state index in [4.69, 9.17) is 0 Å². The predicted molar refractivity (Wildman–Crippen MR) is 107 cm³/mol. The Morgan fingerprint density at radius 1 is 0.960 bits per heavy atom. The third-order valence-corrected chi connectivity index (χ3v) is 6.43. The molecule has 0 bridgehead atoms. The Balaban J connectivity index is 0.000000495. The van der Waals surface area contributed by atoms with Crippen LogP contribution in [0.5, 0.6) is 0 Å². The van der Waals surface area contributed by atoms with Gasteiger partial charge in [-0.15, -0.1) is 0 Å². The molecule has 0 saturated heterocycles. The van der Waals surface area contributed by atoms with Gasteiger partial charge in [0.05, 0.1) is 13.0 Å². The molecule has 2 rings (SSSR count). The quantitative estimate of drug-likeness (QED) is 0.616. The van der Waals surface area contributed by atoms with Crippen molar-refractivity contribution in [3.8, 4) is 0 Å². The molecule has 2 atom stereocenters. The number of halogens is 1. The maximum absolute atomic E-state index is 3.99. The summed E-state index contributed by atoms with van der Waals surface area (Å²) >= 11 is 0. The molecule has 0 amide bonds. The van der Waals surface area contributed by atoms with E-state index in [9.17, 15) is 0 Å². The number of rotatable bonds is 7. The van der Waals surface area contributed by atoms with Gasteiger partial charge in [-0.3, -0.25) is 0 Å². The van der Waals surface area contributed by atoms with Gasteiger partial charge < -0.3 is 31.0 Å². The lowest BCUT2D eigenvalue weighted by Crippen LogP contribution is -3.00. The highest BCUT2D eigenvalue weighted by molar-refractivity contribution is 6.74. The molecule has 0 aliphatic carbocycles. The van der Waals surface area contributed by atoms with Crippen molar-refractivity contribution in [3.05, 3.63) is 31.1 Å². The van der Waals surface area contributed by atoms with Crippen molar-refractivity contribution >= 4 is 8.24 Å². The largest absolute Gasteiger partial charge is 1.00 e. The summed E-state index contributed by atoms with van der Waals surface area (Å²) in [5, 5.41) is 0. The lowest BCUT2D eigenvalue weighted by molar-refractivity contribution is -0.00000580. The summed E-state index contributed by atoms with van der Waals surface area (Å²) < 4.78 is 2.22. The minimum atomic E-state index is -1.13. The molecule has 2 heterocycles. The number of imidazole rings is 1. The minimum absolute atomic E-state index is 0. The number of nitrogens with zero attached hydrogens (tertiary/aromatic N) is 4. The fraction of sp³-hybridized carbons (Fsp3) is 0.737. The third-order valence-electron chi connectivity index (χ3n) is 4.62. The van der Waals surface area contributed by atoms with Gasteiger partial charge in [-0.2, -0.15) is 0 Å². The van der Waals surface area contributed by atoms with E-state index >= 15 is 0 Å². The first-order chi connectivity index (χ1) is 11.3. The molecule has 0 saturated carbocycles. The second-order valence-electron chi connectivity index (χ2n) is 8.15. The van der Waals surface area contributed by atoms with E-state index in [0.717, 1.165) is 18.5 Å². The molecule has 0 spiro atoms. The minimum Gasteiger partial charge on any atom is -1.00 e. The van der Waals surface area contributed by atoms with E-state index in [0.29, 0.717) is 0 Å². The van der Waals surface area contributed by atoms with Crippen LogP contribution in [-0.4, -0.2) is 47.0 Å². The van der Waals surface area contributed by atoms with Gasteiger partial charge in [0.25, 0.3) is 0 Å². The van der Waals surface area contributed by atoms with Crippen molar-refractivity contribution in [2.75, 3.05) is 19.8 Å². The number of aromatic nitrogens is 2. The SMILES string of the molecule is CC[C@H](C)CN1C=CN(C[C@@H](C)CC)C1.C[Si](C)(C)n1ccnc1.[Br-]. The molecule has 0 fully saturated rings. The molecule has 1 aromatic heterocycles. The summed E-state index contributed by atoms with van der Waals surface area (Å²) in [5.41, 5.74) is 0. The van der Waals surface area contributed by atoms with Crippen LogP contribution in [0.15, 0.2) is 31.1 Å². The monoisotopic (exact) mass is 429 g/mol. The van der Waals surface area contributed by atoms with Crippen LogP contribution in [0.1, 0.15) is 40.5 Å². The normalized spacial score (nSPS) is 16.1. The Labute approximate surface area is 167 Å². The Morgan fingerprint density at radius 2 is 1.44 bits per heavy atom. The molecule has 0 radical (unpaired) electrons. The maximum Gasteiger partial charge on any atom is 0.154 e. The Hall–Kier alpha value is -0.753. The van der Waals surface area contributed by atoms with Crippen LogP contribution < -0.4 is 17.0 Å². The van der Waals surface area contributed by atoms with Crippen molar-refractivity contribution < 1.29 is 17.0 Å². The highest BCUT2D eigenvalue weighted by Crippen LogP contribution is 2.14. The predicted octanol–water partition coefficient (Wildman–Crippen LogP) is 1.70. The Kier molecular flexibility index (Phi) is 11.4. The maximum atomic E-state index is 3.99. The summed E-state index contributed by atoms with van der Waals surface area (Å²) in [6.45, 7) is 19.5. The average molecular weight is 431 g/mol. The van der Waals surface area contributed by atoms with Crippen LogP contribution in [0.4, 0.5) is 0 Å². The second kappa shape index (κ2) is 11.8. The van der Waals surface area contributed by atoms with Crippen molar-refractivity contribution in [2.45, 2.75) is 60.2 Å². The zero-order chi connectivity index (χ0) is 18.2. The first kappa shape index (κ1) is 24.2. The first-order valence-corrected chi connectivity index (χ1v) is 12.9. The summed E-state index contributed by atoms with van der Waals surface area (Å²) in [6, 6.07) is 0. The number of hydrogen-bond acceptors (Lipinski definition) is 3. The van der Waals surface area contributed by atoms with Crippen molar-refractivity contribution in [3.63, 3.8) is 0 Å². The molecular weight excluding hydrogens is 392 g/mol. The van der Waals surface area contributed by atoms with E-state index in [1.807, 2.05) is 18.7 Å². The van der Waals surface area contributed by atoms with Crippen LogP contribution in [0.25, 0.3) is 0 Å². The molecule has 0 unspecified atom stereocenters. The molecule has 4 nitrogen and oxygen atoms in total. The Bertz CT molecular complexity index is 450. The summed E-state index contributed by atoms with van der Waals surface area (Å²) in [7, 11) is -1.13. The second-order valence-corrected chi connectivity index (χ2v) is 13.0. The highest BCUT2D eigenvalue weighted by atomic mass is 79.9. The zero-order valence-corrected chi connectivity index (χ0v) is 19.8. The first-order valence-electron chi connectivity index (χ1n) is 9.41. The van der Waals surface area contributed by atoms with Gasteiger partial charge in [0.15, 0.2) is 8.24 Å². The van der Waals surface area contributed by atoms with Gasteiger partial charge in [-0.25, -0.2) is 4.98 Å². The van der Waals surface area contributed by atoms with Gasteiger partial charge in [-0.05, 0) is 11.8 Å². The van der Waals surface area contributed by atoms with Crippen LogP contribution in [0.3, 0.4) is 0 Å². The van der Waals surface area contributed by atoms with E-state index in [-0.39, 0.29) is 17.0 Å². The van der Waals surface area contributed by atoms with Crippen LogP contribution in [0, 0.1) is 11.8 Å². The van der Waals surface area contributed by atoms with Crippen molar-refractivity contribution in [2.24, 2.45) is 11.8 Å². The summed E-state index contributed by atoms with van der Waals surface area (Å²) in [6.07, 6.45) is 12.8. The molecule has 0 aromatic carbocycles. The van der Waals surface area contributed by atoms with Gasteiger partial charge in [0.1, 0.15) is 0 Å². The van der Waals surface area contributed by atoms with Gasteiger partial charge >= 0.3 is 0 Å². The summed E-state index contributed by atoms with van der Waals surface area (Å²) in [4.78, 5) is 8.84. The molecule has 6 heteroatoms. The third kappa shape index (κ3) is 9.49. The van der Waals surface area contributed by atoms with E-state index in [1.54, 1.807) is 0 Å². The topological polar surface area (TPSA) is 24.3 Å². The number of hydrogen-bond donors (Lipinski definition) is 0. The zero-order valence-electron chi connectivity index (χ0n) is 17.2. The Morgan fingerprint density at radius 3 is 1.72 bits per heavy atom. The van der Waals surface area contributed by atoms with E-state index in [1.165, 1.54) is 25.9 Å². The standard InChI is InChI=1S/C13H26N2.C6H12N2Si.BrH/c1-5-12(3)9-14-7-8-15(11-14)10-13(4)6-2;1-9(2,3)8-5-4-7-6-8;/h7-8,12-13H,5-6,9-11H2,1-4H3;4-6H,1-3H3;1H/p-1/t12-,13-;;/m0../s1. The fourth-order valence-corrected chi connectivity index (χ4v) is 3.40.